The first-order valence-electron chi connectivity index (χ1n) is 9.19. The first-order valence-corrected chi connectivity index (χ1v) is 10.1. The predicted octanol–water partition coefficient (Wildman–Crippen LogP) is 4.26. The van der Waals surface area contributed by atoms with Crippen LogP contribution >= 0.6 is 11.3 Å². The van der Waals surface area contributed by atoms with Gasteiger partial charge in [0.2, 0.25) is 5.91 Å². The van der Waals surface area contributed by atoms with Crippen LogP contribution in [-0.2, 0) is 11.3 Å². The number of aryl methyl sites for hydroxylation is 2. The molecule has 0 bridgehead atoms. The SMILES string of the molecule is Cc1nc(-c2cc(C)n(CC(=O)NCCCOc3ccccc3F)c2C)cs1. The van der Waals surface area contributed by atoms with E-state index in [1.54, 1.807) is 29.5 Å². The van der Waals surface area contributed by atoms with Crippen molar-refractivity contribution in [3.8, 4) is 17.0 Å². The minimum atomic E-state index is -0.379. The third kappa shape index (κ3) is 4.78. The second-order valence-electron chi connectivity index (χ2n) is 6.61. The average molecular weight is 402 g/mol. The summed E-state index contributed by atoms with van der Waals surface area (Å²) in [7, 11) is 0. The van der Waals surface area contributed by atoms with Crippen molar-refractivity contribution in [2.24, 2.45) is 0 Å². The molecule has 1 aromatic carbocycles. The number of benzene rings is 1. The van der Waals surface area contributed by atoms with E-state index in [9.17, 15) is 9.18 Å². The largest absolute Gasteiger partial charge is 0.490 e. The van der Waals surface area contributed by atoms with Gasteiger partial charge >= 0.3 is 0 Å². The summed E-state index contributed by atoms with van der Waals surface area (Å²) in [5.74, 6) is -0.206. The van der Waals surface area contributed by atoms with Gasteiger partial charge in [-0.2, -0.15) is 0 Å². The molecule has 2 aromatic heterocycles. The number of hydrogen-bond acceptors (Lipinski definition) is 4. The zero-order valence-corrected chi connectivity index (χ0v) is 17.1. The van der Waals surface area contributed by atoms with Gasteiger partial charge < -0.3 is 14.6 Å². The summed E-state index contributed by atoms with van der Waals surface area (Å²) in [6, 6.07) is 8.37. The van der Waals surface area contributed by atoms with Gasteiger partial charge in [-0.05, 0) is 45.4 Å². The van der Waals surface area contributed by atoms with Crippen molar-refractivity contribution in [2.75, 3.05) is 13.2 Å². The Morgan fingerprint density at radius 3 is 2.79 bits per heavy atom. The first-order chi connectivity index (χ1) is 13.5. The van der Waals surface area contributed by atoms with Crippen molar-refractivity contribution in [2.45, 2.75) is 33.7 Å². The molecule has 3 aromatic rings. The summed E-state index contributed by atoms with van der Waals surface area (Å²) in [6.45, 7) is 7.06. The van der Waals surface area contributed by atoms with Gasteiger partial charge in [0.1, 0.15) is 6.54 Å². The first kappa shape index (κ1) is 20.1. The minimum absolute atomic E-state index is 0.0614. The number of thiazole rings is 1. The average Bonchev–Trinajstić information content (AvgIpc) is 3.21. The van der Waals surface area contributed by atoms with Gasteiger partial charge in [0.15, 0.2) is 11.6 Å². The van der Waals surface area contributed by atoms with Gasteiger partial charge in [-0.15, -0.1) is 11.3 Å². The molecule has 0 saturated heterocycles. The van der Waals surface area contributed by atoms with Crippen molar-refractivity contribution in [1.29, 1.82) is 0 Å². The van der Waals surface area contributed by atoms with Crippen molar-refractivity contribution in [1.82, 2.24) is 14.9 Å². The predicted molar refractivity (Wildman–Crippen MR) is 109 cm³/mol. The summed E-state index contributed by atoms with van der Waals surface area (Å²) in [4.78, 5) is 16.8. The van der Waals surface area contributed by atoms with Crippen LogP contribution in [0.5, 0.6) is 5.75 Å². The van der Waals surface area contributed by atoms with E-state index in [2.05, 4.69) is 16.4 Å². The molecule has 5 nitrogen and oxygen atoms in total. The molecule has 1 amide bonds. The molecule has 0 fully saturated rings. The topological polar surface area (TPSA) is 56.2 Å². The highest BCUT2D eigenvalue weighted by molar-refractivity contribution is 7.09. The Bertz CT molecular complexity index is 964. The Labute approximate surface area is 168 Å². The molecule has 0 radical (unpaired) electrons. The fourth-order valence-corrected chi connectivity index (χ4v) is 3.65. The van der Waals surface area contributed by atoms with Crippen LogP contribution in [0, 0.1) is 26.6 Å². The Hall–Kier alpha value is -2.67. The van der Waals surface area contributed by atoms with E-state index >= 15 is 0 Å². The van der Waals surface area contributed by atoms with Crippen molar-refractivity contribution < 1.29 is 13.9 Å². The van der Waals surface area contributed by atoms with Crippen LogP contribution in [-0.4, -0.2) is 28.6 Å². The van der Waals surface area contributed by atoms with Crippen LogP contribution in [0.15, 0.2) is 35.7 Å². The number of amides is 1. The second-order valence-corrected chi connectivity index (χ2v) is 7.67. The molecule has 2 heterocycles. The molecule has 0 saturated carbocycles. The van der Waals surface area contributed by atoms with Crippen molar-refractivity contribution >= 4 is 17.2 Å². The lowest BCUT2D eigenvalue weighted by Crippen LogP contribution is -2.29. The minimum Gasteiger partial charge on any atom is -0.490 e. The van der Waals surface area contributed by atoms with Crippen molar-refractivity contribution in [3.63, 3.8) is 0 Å². The number of rotatable bonds is 8. The molecule has 0 aliphatic carbocycles. The summed E-state index contributed by atoms with van der Waals surface area (Å²) in [6.07, 6.45) is 0.604. The van der Waals surface area contributed by atoms with Crippen LogP contribution < -0.4 is 10.1 Å². The Morgan fingerprint density at radius 1 is 1.29 bits per heavy atom. The lowest BCUT2D eigenvalue weighted by atomic mass is 10.2. The van der Waals surface area contributed by atoms with E-state index in [-0.39, 0.29) is 24.0 Å². The summed E-state index contributed by atoms with van der Waals surface area (Å²) in [5, 5.41) is 5.95. The van der Waals surface area contributed by atoms with Gasteiger partial charge in [0, 0.05) is 28.9 Å². The number of carbonyl (C=O) groups is 1. The molecule has 0 spiro atoms. The quantitative estimate of drug-likeness (QED) is 0.574. The maximum absolute atomic E-state index is 13.5. The highest BCUT2D eigenvalue weighted by atomic mass is 32.1. The monoisotopic (exact) mass is 401 g/mol. The number of hydrogen-bond donors (Lipinski definition) is 1. The van der Waals surface area contributed by atoms with Crippen LogP contribution in [0.1, 0.15) is 22.8 Å². The summed E-state index contributed by atoms with van der Waals surface area (Å²) in [5.41, 5.74) is 4.07. The Balaban J connectivity index is 1.49. The standard InChI is InChI=1S/C21H24FN3O2S/c1-14-11-17(19-13-28-16(3)24-19)15(2)25(14)12-21(26)23-9-6-10-27-20-8-5-4-7-18(20)22/h4-5,7-8,11,13H,6,9-10,12H2,1-3H3,(H,23,26). The van der Waals surface area contributed by atoms with Gasteiger partial charge in [-0.3, -0.25) is 4.79 Å². The number of halogens is 1. The van der Waals surface area contributed by atoms with Gasteiger partial charge in [-0.1, -0.05) is 12.1 Å². The maximum atomic E-state index is 13.5. The molecule has 0 atom stereocenters. The van der Waals surface area contributed by atoms with E-state index < -0.39 is 0 Å². The lowest BCUT2D eigenvalue weighted by Gasteiger charge is -2.11. The molecule has 3 rings (SSSR count). The van der Waals surface area contributed by atoms with E-state index in [1.807, 2.05) is 30.7 Å². The summed E-state index contributed by atoms with van der Waals surface area (Å²) < 4.78 is 20.9. The molecular weight excluding hydrogens is 377 g/mol. The number of ether oxygens (including phenoxy) is 1. The van der Waals surface area contributed by atoms with E-state index in [0.29, 0.717) is 19.6 Å². The van der Waals surface area contributed by atoms with E-state index in [1.165, 1.54) is 6.07 Å². The van der Waals surface area contributed by atoms with Crippen molar-refractivity contribution in [3.05, 3.63) is 57.9 Å². The van der Waals surface area contributed by atoms with Gasteiger partial charge in [-0.25, -0.2) is 9.37 Å². The lowest BCUT2D eigenvalue weighted by molar-refractivity contribution is -0.121. The Morgan fingerprint density at radius 2 is 2.07 bits per heavy atom. The molecular formula is C21H24FN3O2S. The van der Waals surface area contributed by atoms with E-state index in [0.717, 1.165) is 27.7 Å². The van der Waals surface area contributed by atoms with Gasteiger partial charge in [0.25, 0.3) is 0 Å². The highest BCUT2D eigenvalue weighted by Crippen LogP contribution is 2.27. The molecule has 28 heavy (non-hydrogen) atoms. The summed E-state index contributed by atoms with van der Waals surface area (Å²) >= 11 is 1.62. The number of para-hydroxylation sites is 1. The van der Waals surface area contributed by atoms with Gasteiger partial charge in [0.05, 0.1) is 17.3 Å². The van der Waals surface area contributed by atoms with Crippen LogP contribution in [0.4, 0.5) is 4.39 Å². The zero-order chi connectivity index (χ0) is 20.1. The maximum Gasteiger partial charge on any atom is 0.239 e. The Kier molecular flexibility index (Phi) is 6.46. The smallest absolute Gasteiger partial charge is 0.239 e. The molecule has 1 N–H and O–H groups in total. The molecule has 0 unspecified atom stereocenters. The molecule has 148 valence electrons. The van der Waals surface area contributed by atoms with Crippen LogP contribution in [0.25, 0.3) is 11.3 Å². The third-order valence-electron chi connectivity index (χ3n) is 4.51. The van der Waals surface area contributed by atoms with Crippen LogP contribution in [0.3, 0.4) is 0 Å². The van der Waals surface area contributed by atoms with E-state index in [4.69, 9.17) is 4.74 Å². The fourth-order valence-electron chi connectivity index (χ4n) is 3.03. The zero-order valence-electron chi connectivity index (χ0n) is 16.3. The number of carbonyl (C=O) groups excluding carboxylic acids is 1. The highest BCUT2D eigenvalue weighted by Gasteiger charge is 2.15. The molecule has 0 aliphatic rings. The second kappa shape index (κ2) is 9.01. The molecule has 7 heteroatoms. The van der Waals surface area contributed by atoms with Crippen LogP contribution in [0.2, 0.25) is 0 Å². The number of aromatic nitrogens is 2. The number of nitrogens with one attached hydrogen (secondary N) is 1. The normalized spacial score (nSPS) is 10.9. The molecule has 0 aliphatic heterocycles. The number of nitrogens with zero attached hydrogens (tertiary/aromatic N) is 2. The third-order valence-corrected chi connectivity index (χ3v) is 5.28. The fraction of sp³-hybridized carbons (Fsp3) is 0.333.